The summed E-state index contributed by atoms with van der Waals surface area (Å²) in [6.07, 6.45) is 4.67. The topological polar surface area (TPSA) is 34.0 Å². The van der Waals surface area contributed by atoms with Gasteiger partial charge in [-0.25, -0.2) is 4.39 Å². The minimum absolute atomic E-state index is 0.266. The highest BCUT2D eigenvalue weighted by Crippen LogP contribution is 2.43. The molecule has 0 unspecified atom stereocenters. The Morgan fingerprint density at radius 1 is 1.04 bits per heavy atom. The van der Waals surface area contributed by atoms with Crippen molar-refractivity contribution >= 4 is 21.9 Å². The van der Waals surface area contributed by atoms with Crippen molar-refractivity contribution in [2.24, 2.45) is 5.92 Å². The molecule has 5 rings (SSSR count). The molecule has 1 aliphatic carbocycles. The zero-order chi connectivity index (χ0) is 19.1. The first kappa shape index (κ1) is 17.9. The molecule has 2 aliphatic rings. The van der Waals surface area contributed by atoms with Crippen molar-refractivity contribution in [1.82, 2.24) is 14.8 Å². The normalized spacial score (nSPS) is 20.9. The monoisotopic (exact) mass is 440 g/mol. The van der Waals surface area contributed by atoms with Crippen molar-refractivity contribution in [2.75, 3.05) is 11.4 Å². The second-order valence-corrected chi connectivity index (χ2v) is 8.58. The van der Waals surface area contributed by atoms with E-state index in [-0.39, 0.29) is 5.82 Å². The van der Waals surface area contributed by atoms with Crippen LogP contribution in [0.4, 0.5) is 10.3 Å². The van der Waals surface area contributed by atoms with Crippen molar-refractivity contribution in [1.29, 1.82) is 0 Å². The van der Waals surface area contributed by atoms with Crippen molar-refractivity contribution < 1.29 is 4.39 Å². The fourth-order valence-electron chi connectivity index (χ4n) is 4.48. The molecule has 0 bridgehead atoms. The molecule has 0 spiro atoms. The quantitative estimate of drug-likeness (QED) is 0.554. The minimum Gasteiger partial charge on any atom is -0.338 e. The second kappa shape index (κ2) is 7.32. The molecule has 1 saturated heterocycles. The Hall–Kier alpha value is -2.21. The molecule has 6 heteroatoms. The molecular weight excluding hydrogens is 419 g/mol. The van der Waals surface area contributed by atoms with E-state index >= 15 is 0 Å². The van der Waals surface area contributed by atoms with Crippen LogP contribution in [0.15, 0.2) is 53.0 Å². The van der Waals surface area contributed by atoms with E-state index in [0.717, 1.165) is 47.2 Å². The van der Waals surface area contributed by atoms with Crippen LogP contribution in [-0.2, 0) is 13.0 Å². The van der Waals surface area contributed by atoms with Crippen molar-refractivity contribution in [3.8, 4) is 11.4 Å². The number of halogens is 2. The molecule has 28 heavy (non-hydrogen) atoms. The van der Waals surface area contributed by atoms with Crippen LogP contribution in [0, 0.1) is 11.7 Å². The first-order valence-electron chi connectivity index (χ1n) is 9.90. The van der Waals surface area contributed by atoms with Gasteiger partial charge in [0.25, 0.3) is 0 Å². The number of aromatic nitrogens is 3. The lowest BCUT2D eigenvalue weighted by atomic mass is 9.80. The van der Waals surface area contributed by atoms with E-state index in [2.05, 4.69) is 59.9 Å². The Labute approximate surface area is 172 Å². The van der Waals surface area contributed by atoms with Gasteiger partial charge in [0.05, 0.1) is 0 Å². The molecule has 2 fully saturated rings. The van der Waals surface area contributed by atoms with Crippen LogP contribution in [0.25, 0.3) is 11.4 Å². The molecule has 144 valence electrons. The van der Waals surface area contributed by atoms with Crippen molar-refractivity contribution in [2.45, 2.75) is 38.3 Å². The molecule has 1 saturated carbocycles. The average molecular weight is 441 g/mol. The van der Waals surface area contributed by atoms with E-state index in [4.69, 9.17) is 0 Å². The van der Waals surface area contributed by atoms with Crippen LogP contribution in [-0.4, -0.2) is 27.4 Å². The lowest BCUT2D eigenvalue weighted by Gasteiger charge is -2.36. The molecule has 0 N–H and O–H groups in total. The maximum atomic E-state index is 14.0. The summed E-state index contributed by atoms with van der Waals surface area (Å²) in [5.74, 6) is 2.18. The maximum absolute atomic E-state index is 14.0. The van der Waals surface area contributed by atoms with E-state index in [0.29, 0.717) is 6.04 Å². The Morgan fingerprint density at radius 3 is 2.64 bits per heavy atom. The van der Waals surface area contributed by atoms with Gasteiger partial charge in [-0.15, -0.1) is 10.2 Å². The van der Waals surface area contributed by atoms with Crippen LogP contribution >= 0.6 is 15.9 Å². The average Bonchev–Trinajstić information content (AvgIpc) is 3.23. The Kier molecular flexibility index (Phi) is 4.67. The van der Waals surface area contributed by atoms with E-state index in [1.807, 2.05) is 6.07 Å². The summed E-state index contributed by atoms with van der Waals surface area (Å²) in [6.45, 7) is 1.79. The van der Waals surface area contributed by atoms with Gasteiger partial charge in [0.1, 0.15) is 5.82 Å². The van der Waals surface area contributed by atoms with Gasteiger partial charge >= 0.3 is 0 Å². The molecule has 2 atom stereocenters. The second-order valence-electron chi connectivity index (χ2n) is 7.72. The summed E-state index contributed by atoms with van der Waals surface area (Å²) in [6, 6.07) is 15.7. The third kappa shape index (κ3) is 3.13. The van der Waals surface area contributed by atoms with Crippen LogP contribution < -0.4 is 4.90 Å². The molecule has 2 heterocycles. The predicted molar refractivity (Wildman–Crippen MR) is 112 cm³/mol. The maximum Gasteiger partial charge on any atom is 0.227 e. The Balaban J connectivity index is 1.54. The lowest BCUT2D eigenvalue weighted by Crippen LogP contribution is -2.40. The molecule has 1 aromatic heterocycles. The zero-order valence-electron chi connectivity index (χ0n) is 15.6. The van der Waals surface area contributed by atoms with Crippen LogP contribution in [0.3, 0.4) is 0 Å². The van der Waals surface area contributed by atoms with E-state index in [9.17, 15) is 4.39 Å². The van der Waals surface area contributed by atoms with Gasteiger partial charge in [0.15, 0.2) is 5.82 Å². The number of hydrogen-bond donors (Lipinski definition) is 0. The van der Waals surface area contributed by atoms with Crippen molar-refractivity contribution in [3.63, 3.8) is 0 Å². The number of rotatable bonds is 5. The minimum atomic E-state index is -0.266. The third-order valence-electron chi connectivity index (χ3n) is 6.14. The number of aryl methyl sites for hydroxylation is 1. The number of anilines is 1. The summed E-state index contributed by atoms with van der Waals surface area (Å²) >= 11 is 3.56. The molecular formula is C22H22BrFN4. The summed E-state index contributed by atoms with van der Waals surface area (Å²) in [7, 11) is 0. The first-order valence-corrected chi connectivity index (χ1v) is 10.7. The number of fused-ring (bicyclic) bond motifs is 1. The van der Waals surface area contributed by atoms with Crippen LogP contribution in [0.1, 0.15) is 24.8 Å². The van der Waals surface area contributed by atoms with Crippen LogP contribution in [0.5, 0.6) is 0 Å². The molecule has 1 aliphatic heterocycles. The lowest BCUT2D eigenvalue weighted by molar-refractivity contribution is 0.293. The van der Waals surface area contributed by atoms with Gasteiger partial charge in [0, 0.05) is 29.2 Å². The van der Waals surface area contributed by atoms with Crippen molar-refractivity contribution in [3.05, 3.63) is 64.4 Å². The highest BCUT2D eigenvalue weighted by molar-refractivity contribution is 9.10. The number of benzene rings is 2. The highest BCUT2D eigenvalue weighted by atomic mass is 79.9. The molecule has 4 nitrogen and oxygen atoms in total. The fraction of sp³-hybridized carbons (Fsp3) is 0.364. The Bertz CT molecular complexity index is 987. The Morgan fingerprint density at radius 2 is 1.89 bits per heavy atom. The third-order valence-corrected chi connectivity index (χ3v) is 6.83. The summed E-state index contributed by atoms with van der Waals surface area (Å²) in [4.78, 5) is 2.42. The molecule has 0 amide bonds. The highest BCUT2D eigenvalue weighted by Gasteiger charge is 2.42. The van der Waals surface area contributed by atoms with Crippen LogP contribution in [0.2, 0.25) is 0 Å². The number of hydrogen-bond acceptors (Lipinski definition) is 3. The largest absolute Gasteiger partial charge is 0.338 e. The number of nitrogens with zero attached hydrogens (tertiary/aromatic N) is 4. The van der Waals surface area contributed by atoms with E-state index < -0.39 is 0 Å². The standard InChI is InChI=1S/C22H22BrFN4/c23-19-8-7-17(24)14-18(19)21-25-26-22(27-13-11-16-6-9-20(16)27)28(21)12-10-15-4-2-1-3-5-15/h1-5,7-8,14,16,20H,6,9-13H2/t16-,20-/m0/s1. The van der Waals surface area contributed by atoms with E-state index in [1.165, 1.54) is 37.0 Å². The summed E-state index contributed by atoms with van der Waals surface area (Å²) in [5, 5.41) is 9.08. The molecule has 3 aromatic rings. The molecule has 0 radical (unpaired) electrons. The van der Waals surface area contributed by atoms with Gasteiger partial charge in [-0.05, 0) is 55.4 Å². The van der Waals surface area contributed by atoms with Gasteiger partial charge in [0.2, 0.25) is 5.95 Å². The fourth-order valence-corrected chi connectivity index (χ4v) is 4.91. The van der Waals surface area contributed by atoms with E-state index in [1.54, 1.807) is 6.07 Å². The predicted octanol–water partition coefficient (Wildman–Crippen LogP) is 5.08. The SMILES string of the molecule is Fc1ccc(Br)c(-c2nnc(N3CC[C@@H]4CC[C@@H]43)n2CCc2ccccc2)c1. The van der Waals surface area contributed by atoms with Gasteiger partial charge in [-0.1, -0.05) is 46.3 Å². The smallest absolute Gasteiger partial charge is 0.227 e. The molecule has 2 aromatic carbocycles. The van der Waals surface area contributed by atoms with Gasteiger partial charge in [-0.3, -0.25) is 4.57 Å². The first-order chi connectivity index (χ1) is 13.7. The summed E-state index contributed by atoms with van der Waals surface area (Å²) < 4.78 is 17.0. The van der Waals surface area contributed by atoms with Gasteiger partial charge < -0.3 is 4.90 Å². The van der Waals surface area contributed by atoms with Gasteiger partial charge in [-0.2, -0.15) is 0 Å². The summed E-state index contributed by atoms with van der Waals surface area (Å²) in [5.41, 5.74) is 2.02. The zero-order valence-corrected chi connectivity index (χ0v) is 17.1.